The molecule has 0 unspecified atom stereocenters. The largest absolute Gasteiger partial charge is 0.370 e. The number of aromatic nitrogens is 3. The highest BCUT2D eigenvalue weighted by Gasteiger charge is 2.13. The minimum absolute atomic E-state index is 0.212. The predicted molar refractivity (Wildman–Crippen MR) is 74.3 cm³/mol. The van der Waals surface area contributed by atoms with Crippen molar-refractivity contribution >= 4 is 17.6 Å². The minimum atomic E-state index is -0.386. The van der Waals surface area contributed by atoms with E-state index in [1.54, 1.807) is 16.9 Å². The lowest BCUT2D eigenvalue weighted by molar-refractivity contribution is -0.118. The van der Waals surface area contributed by atoms with Crippen LogP contribution < -0.4 is 11.1 Å². The maximum absolute atomic E-state index is 12.1. The Labute approximate surface area is 116 Å². The molecule has 0 fully saturated rings. The number of primary amides is 1. The van der Waals surface area contributed by atoms with Crippen molar-refractivity contribution in [3.05, 3.63) is 35.3 Å². The van der Waals surface area contributed by atoms with Crippen LogP contribution in [-0.4, -0.2) is 26.6 Å². The first-order valence-electron chi connectivity index (χ1n) is 6.25. The van der Waals surface area contributed by atoms with Crippen LogP contribution in [0.25, 0.3) is 0 Å². The number of nitrogens with one attached hydrogen (secondary N) is 2. The first kappa shape index (κ1) is 13.9. The predicted octanol–water partition coefficient (Wildman–Crippen LogP) is 0.956. The van der Waals surface area contributed by atoms with Crippen LogP contribution in [0.2, 0.25) is 0 Å². The number of nitrogens with two attached hydrogens (primary N) is 1. The summed E-state index contributed by atoms with van der Waals surface area (Å²) in [7, 11) is 0. The number of hydrogen-bond donors (Lipinski definition) is 3. The molecule has 0 aromatic carbocycles. The fraction of sp³-hybridized carbons (Fsp3) is 0.308. The summed E-state index contributed by atoms with van der Waals surface area (Å²) in [6.07, 6.45) is 1.90. The third-order valence-electron chi connectivity index (χ3n) is 2.85. The molecule has 106 valence electrons. The summed E-state index contributed by atoms with van der Waals surface area (Å²) in [6.45, 7) is 4.15. The van der Waals surface area contributed by atoms with Gasteiger partial charge in [0.2, 0.25) is 5.91 Å². The van der Waals surface area contributed by atoms with Gasteiger partial charge in [-0.25, -0.2) is 0 Å². The van der Waals surface area contributed by atoms with Crippen LogP contribution in [0.4, 0.5) is 5.82 Å². The van der Waals surface area contributed by atoms with Crippen LogP contribution in [0.3, 0.4) is 0 Å². The number of H-pyrrole nitrogens is 1. The van der Waals surface area contributed by atoms with Crippen LogP contribution in [0.15, 0.2) is 18.3 Å². The maximum Gasteiger partial charge on any atom is 0.273 e. The van der Waals surface area contributed by atoms with E-state index in [0.29, 0.717) is 18.1 Å². The summed E-state index contributed by atoms with van der Waals surface area (Å²) in [6, 6.07) is 3.57. The molecule has 2 rings (SSSR count). The monoisotopic (exact) mass is 275 g/mol. The van der Waals surface area contributed by atoms with Gasteiger partial charge < -0.3 is 16.0 Å². The van der Waals surface area contributed by atoms with Gasteiger partial charge in [-0.1, -0.05) is 0 Å². The highest BCUT2D eigenvalue weighted by atomic mass is 16.2. The topological polar surface area (TPSA) is 106 Å². The van der Waals surface area contributed by atoms with Crippen LogP contribution in [0.1, 0.15) is 28.2 Å². The third kappa shape index (κ3) is 3.25. The van der Waals surface area contributed by atoms with E-state index in [2.05, 4.69) is 15.4 Å². The molecular formula is C13H17N5O2. The van der Waals surface area contributed by atoms with Crippen LogP contribution in [-0.2, 0) is 11.3 Å². The van der Waals surface area contributed by atoms with Crippen LogP contribution >= 0.6 is 0 Å². The summed E-state index contributed by atoms with van der Waals surface area (Å²) >= 11 is 0. The fourth-order valence-electron chi connectivity index (χ4n) is 1.92. The quantitative estimate of drug-likeness (QED) is 0.756. The van der Waals surface area contributed by atoms with E-state index in [-0.39, 0.29) is 18.2 Å². The summed E-state index contributed by atoms with van der Waals surface area (Å²) in [4.78, 5) is 25.8. The number of carbonyl (C=O) groups excluding carboxylic acids is 2. The van der Waals surface area contributed by atoms with Gasteiger partial charge in [-0.15, -0.1) is 0 Å². The number of aryl methyl sites for hydroxylation is 3. The average Bonchev–Trinajstić information content (AvgIpc) is 2.93. The zero-order valence-electron chi connectivity index (χ0n) is 11.4. The van der Waals surface area contributed by atoms with Crippen LogP contribution in [0, 0.1) is 13.8 Å². The molecule has 2 amide bonds. The molecule has 2 aromatic rings. The van der Waals surface area contributed by atoms with Crippen molar-refractivity contribution in [3.63, 3.8) is 0 Å². The Bertz CT molecular complexity index is 641. The summed E-state index contributed by atoms with van der Waals surface area (Å²) < 4.78 is 1.56. The molecule has 0 bridgehead atoms. The number of anilines is 1. The number of nitrogens with zero attached hydrogens (tertiary/aromatic N) is 2. The second-order valence-electron chi connectivity index (χ2n) is 4.64. The van der Waals surface area contributed by atoms with Crippen molar-refractivity contribution in [2.75, 3.05) is 5.32 Å². The normalized spacial score (nSPS) is 10.5. The van der Waals surface area contributed by atoms with Gasteiger partial charge in [-0.3, -0.25) is 14.3 Å². The maximum atomic E-state index is 12.1. The molecular weight excluding hydrogens is 258 g/mol. The van der Waals surface area contributed by atoms with Crippen molar-refractivity contribution in [3.8, 4) is 0 Å². The third-order valence-corrected chi connectivity index (χ3v) is 2.85. The fourth-order valence-corrected chi connectivity index (χ4v) is 1.92. The minimum Gasteiger partial charge on any atom is -0.370 e. The molecule has 20 heavy (non-hydrogen) atoms. The molecule has 0 saturated heterocycles. The van der Waals surface area contributed by atoms with E-state index < -0.39 is 0 Å². The molecule has 0 spiro atoms. The first-order chi connectivity index (χ1) is 9.45. The zero-order valence-corrected chi connectivity index (χ0v) is 11.4. The molecule has 0 atom stereocenters. The molecule has 0 radical (unpaired) electrons. The van der Waals surface area contributed by atoms with Gasteiger partial charge in [-0.2, -0.15) is 5.10 Å². The van der Waals surface area contributed by atoms with E-state index in [1.807, 2.05) is 19.9 Å². The lowest BCUT2D eigenvalue weighted by atomic mass is 10.2. The molecule has 4 N–H and O–H groups in total. The van der Waals surface area contributed by atoms with Gasteiger partial charge >= 0.3 is 0 Å². The first-order valence-corrected chi connectivity index (χ1v) is 6.25. The van der Waals surface area contributed by atoms with E-state index in [4.69, 9.17) is 5.73 Å². The Kier molecular flexibility index (Phi) is 3.88. The Morgan fingerprint density at radius 3 is 2.80 bits per heavy atom. The summed E-state index contributed by atoms with van der Waals surface area (Å²) in [5.41, 5.74) is 7.40. The Morgan fingerprint density at radius 1 is 1.45 bits per heavy atom. The van der Waals surface area contributed by atoms with Gasteiger partial charge in [0, 0.05) is 30.9 Å². The van der Waals surface area contributed by atoms with Crippen molar-refractivity contribution < 1.29 is 9.59 Å². The zero-order chi connectivity index (χ0) is 14.7. The number of rotatable bonds is 5. The SMILES string of the molecule is Cc1cc(C)c(C(=O)Nc2ccn(CCC(N)=O)n2)[nH]1. The number of amides is 2. The average molecular weight is 275 g/mol. The van der Waals surface area contributed by atoms with Gasteiger partial charge in [-0.05, 0) is 25.5 Å². The lowest BCUT2D eigenvalue weighted by Crippen LogP contribution is -2.16. The van der Waals surface area contributed by atoms with Crippen molar-refractivity contribution in [2.45, 2.75) is 26.8 Å². The number of aromatic amines is 1. The Morgan fingerprint density at radius 2 is 2.20 bits per heavy atom. The standard InChI is InChI=1S/C13H17N5O2/c1-8-7-9(2)15-12(8)13(20)16-11-4-6-18(17-11)5-3-10(14)19/h4,6-7,15H,3,5H2,1-2H3,(H2,14,19)(H,16,17,20). The molecule has 7 nitrogen and oxygen atoms in total. The van der Waals surface area contributed by atoms with E-state index in [0.717, 1.165) is 11.3 Å². The summed E-state index contributed by atoms with van der Waals surface area (Å²) in [5, 5.41) is 6.85. The van der Waals surface area contributed by atoms with Gasteiger partial charge in [0.15, 0.2) is 5.82 Å². The Hall–Kier alpha value is -2.57. The van der Waals surface area contributed by atoms with E-state index >= 15 is 0 Å². The number of carbonyl (C=O) groups is 2. The van der Waals surface area contributed by atoms with E-state index in [1.165, 1.54) is 0 Å². The van der Waals surface area contributed by atoms with Crippen molar-refractivity contribution in [2.24, 2.45) is 5.73 Å². The molecule has 2 heterocycles. The van der Waals surface area contributed by atoms with Crippen molar-refractivity contribution in [1.82, 2.24) is 14.8 Å². The van der Waals surface area contributed by atoms with Gasteiger partial charge in [0.05, 0.1) is 0 Å². The van der Waals surface area contributed by atoms with Crippen LogP contribution in [0.5, 0.6) is 0 Å². The van der Waals surface area contributed by atoms with E-state index in [9.17, 15) is 9.59 Å². The van der Waals surface area contributed by atoms with Gasteiger partial charge in [0.1, 0.15) is 5.69 Å². The molecule has 0 aliphatic carbocycles. The second kappa shape index (κ2) is 5.60. The molecule has 0 aliphatic heterocycles. The smallest absolute Gasteiger partial charge is 0.273 e. The lowest BCUT2D eigenvalue weighted by Gasteiger charge is -2.02. The highest BCUT2D eigenvalue weighted by Crippen LogP contribution is 2.11. The highest BCUT2D eigenvalue weighted by molar-refractivity contribution is 6.03. The number of hydrogen-bond acceptors (Lipinski definition) is 3. The summed E-state index contributed by atoms with van der Waals surface area (Å²) in [5.74, 6) is -0.189. The van der Waals surface area contributed by atoms with Crippen molar-refractivity contribution in [1.29, 1.82) is 0 Å². The molecule has 7 heteroatoms. The second-order valence-corrected chi connectivity index (χ2v) is 4.64. The Balaban J connectivity index is 2.01. The molecule has 2 aromatic heterocycles. The van der Waals surface area contributed by atoms with Gasteiger partial charge in [0.25, 0.3) is 5.91 Å². The molecule has 0 saturated carbocycles. The molecule has 0 aliphatic rings.